The Morgan fingerprint density at radius 2 is 0.667 bits per heavy atom. The van der Waals surface area contributed by atoms with Crippen molar-refractivity contribution in [1.82, 2.24) is 5.32 Å². The van der Waals surface area contributed by atoms with Gasteiger partial charge in [0.15, 0.2) is 0 Å². The summed E-state index contributed by atoms with van der Waals surface area (Å²) < 4.78 is 0. The summed E-state index contributed by atoms with van der Waals surface area (Å²) in [5.41, 5.74) is 0. The molecule has 0 saturated carbocycles. The molecule has 6 nitrogen and oxygen atoms in total. The van der Waals surface area contributed by atoms with Gasteiger partial charge < -0.3 is 25.7 Å². The van der Waals surface area contributed by atoms with Crippen LogP contribution in [0.15, 0.2) is 12.2 Å². The SMILES string of the molecule is CCCCCCCCCCCCCC/C=C\CCCCCCCCCCCCCCCCC(O)C(=O)NC(CO)C(O)C(O)CCCCCCCCCCCCCCCC. The van der Waals surface area contributed by atoms with E-state index in [1.165, 1.54) is 231 Å². The number of carbonyl (C=O) groups excluding carboxylic acids is 1. The molecule has 0 aromatic heterocycles. The number of carbonyl (C=O) groups is 1. The van der Waals surface area contributed by atoms with Crippen LogP contribution < -0.4 is 5.32 Å². The first-order valence-electron chi connectivity index (χ1n) is 27.1. The van der Waals surface area contributed by atoms with E-state index < -0.39 is 36.9 Å². The Morgan fingerprint density at radius 1 is 0.400 bits per heavy atom. The Labute approximate surface area is 374 Å². The molecule has 5 N–H and O–H groups in total. The maximum Gasteiger partial charge on any atom is 0.249 e. The molecular weight excluding hydrogens is 743 g/mol. The van der Waals surface area contributed by atoms with Crippen LogP contribution in [0, 0.1) is 0 Å². The van der Waals surface area contributed by atoms with Gasteiger partial charge in [-0.15, -0.1) is 0 Å². The summed E-state index contributed by atoms with van der Waals surface area (Å²) >= 11 is 0. The molecule has 0 spiro atoms. The molecule has 1 amide bonds. The van der Waals surface area contributed by atoms with Crippen molar-refractivity contribution in [3.05, 3.63) is 12.2 Å². The molecular formula is C54H107NO5. The first-order chi connectivity index (χ1) is 29.5. The molecule has 4 unspecified atom stereocenters. The highest BCUT2D eigenvalue weighted by Crippen LogP contribution is 2.18. The Morgan fingerprint density at radius 3 is 0.967 bits per heavy atom. The van der Waals surface area contributed by atoms with Crippen LogP contribution in [0.5, 0.6) is 0 Å². The second kappa shape index (κ2) is 49.1. The first-order valence-corrected chi connectivity index (χ1v) is 27.1. The lowest BCUT2D eigenvalue weighted by Crippen LogP contribution is -2.53. The Balaban J connectivity index is 3.57. The Kier molecular flexibility index (Phi) is 48.3. The fourth-order valence-corrected chi connectivity index (χ4v) is 8.70. The van der Waals surface area contributed by atoms with E-state index in [-0.39, 0.29) is 0 Å². The van der Waals surface area contributed by atoms with Crippen LogP contribution in [0.1, 0.15) is 296 Å². The van der Waals surface area contributed by atoms with Crippen molar-refractivity contribution in [3.8, 4) is 0 Å². The van der Waals surface area contributed by atoms with E-state index >= 15 is 0 Å². The van der Waals surface area contributed by atoms with E-state index in [1.54, 1.807) is 0 Å². The average molecular weight is 850 g/mol. The summed E-state index contributed by atoms with van der Waals surface area (Å²) in [6.45, 7) is 4.08. The van der Waals surface area contributed by atoms with Crippen molar-refractivity contribution in [2.75, 3.05) is 6.61 Å². The van der Waals surface area contributed by atoms with E-state index in [2.05, 4.69) is 31.3 Å². The number of nitrogens with one attached hydrogen (secondary N) is 1. The van der Waals surface area contributed by atoms with Gasteiger partial charge in [-0.1, -0.05) is 270 Å². The third-order valence-electron chi connectivity index (χ3n) is 13.0. The van der Waals surface area contributed by atoms with E-state index in [0.29, 0.717) is 12.8 Å². The summed E-state index contributed by atoms with van der Waals surface area (Å²) in [7, 11) is 0. The molecule has 0 aromatic carbocycles. The molecule has 60 heavy (non-hydrogen) atoms. The van der Waals surface area contributed by atoms with Crippen LogP contribution >= 0.6 is 0 Å². The molecule has 0 aliphatic heterocycles. The smallest absolute Gasteiger partial charge is 0.249 e. The summed E-state index contributed by atoms with van der Waals surface area (Å²) in [5.74, 6) is -0.579. The van der Waals surface area contributed by atoms with E-state index in [0.717, 1.165) is 38.5 Å². The van der Waals surface area contributed by atoms with Gasteiger partial charge in [-0.05, 0) is 38.5 Å². The number of aliphatic hydroxyl groups is 4. The minimum atomic E-state index is -1.26. The van der Waals surface area contributed by atoms with Gasteiger partial charge >= 0.3 is 0 Å². The summed E-state index contributed by atoms with van der Waals surface area (Å²) in [4.78, 5) is 12.6. The molecule has 0 heterocycles. The number of hydrogen-bond acceptors (Lipinski definition) is 5. The molecule has 0 radical (unpaired) electrons. The van der Waals surface area contributed by atoms with Crippen LogP contribution in [0.4, 0.5) is 0 Å². The molecule has 0 fully saturated rings. The fourth-order valence-electron chi connectivity index (χ4n) is 8.70. The molecule has 6 heteroatoms. The third kappa shape index (κ3) is 42.4. The molecule has 0 aromatic rings. The van der Waals surface area contributed by atoms with Crippen LogP contribution in [-0.2, 0) is 4.79 Å². The minimum absolute atomic E-state index is 0.373. The van der Waals surface area contributed by atoms with Crippen molar-refractivity contribution >= 4 is 5.91 Å². The summed E-state index contributed by atoms with van der Waals surface area (Å²) in [6.07, 6.45) is 57.1. The maximum atomic E-state index is 12.6. The molecule has 0 saturated heterocycles. The number of allylic oxidation sites excluding steroid dienone is 2. The summed E-state index contributed by atoms with van der Waals surface area (Å²) in [5, 5.41) is 43.9. The number of hydrogen-bond donors (Lipinski definition) is 5. The quantitative estimate of drug-likeness (QED) is 0.0309. The largest absolute Gasteiger partial charge is 0.394 e. The third-order valence-corrected chi connectivity index (χ3v) is 13.0. The van der Waals surface area contributed by atoms with Gasteiger partial charge in [0.1, 0.15) is 12.2 Å². The predicted molar refractivity (Wildman–Crippen MR) is 261 cm³/mol. The van der Waals surface area contributed by atoms with E-state index in [4.69, 9.17) is 0 Å². The Bertz CT molecular complexity index is 867. The molecule has 0 bridgehead atoms. The lowest BCUT2D eigenvalue weighted by molar-refractivity contribution is -0.132. The number of rotatable bonds is 50. The van der Waals surface area contributed by atoms with Crippen molar-refractivity contribution in [2.45, 2.75) is 321 Å². The van der Waals surface area contributed by atoms with Gasteiger partial charge in [0.2, 0.25) is 5.91 Å². The lowest BCUT2D eigenvalue weighted by Gasteiger charge is -2.27. The first kappa shape index (κ1) is 59.0. The highest BCUT2D eigenvalue weighted by molar-refractivity contribution is 5.80. The molecule has 0 aliphatic carbocycles. The van der Waals surface area contributed by atoms with Gasteiger partial charge in [0.05, 0.1) is 18.8 Å². The van der Waals surface area contributed by atoms with Crippen molar-refractivity contribution in [2.24, 2.45) is 0 Å². The van der Waals surface area contributed by atoms with Crippen LogP contribution in [0.3, 0.4) is 0 Å². The van der Waals surface area contributed by atoms with Crippen LogP contribution in [0.25, 0.3) is 0 Å². The van der Waals surface area contributed by atoms with Gasteiger partial charge in [0.25, 0.3) is 0 Å². The van der Waals surface area contributed by atoms with Crippen LogP contribution in [0.2, 0.25) is 0 Å². The van der Waals surface area contributed by atoms with E-state index in [1.807, 2.05) is 0 Å². The topological polar surface area (TPSA) is 110 Å². The molecule has 4 atom stereocenters. The standard InChI is InChI=1S/C54H107NO5/c1-3-5-7-9-11-13-15-17-19-20-21-22-23-24-25-26-27-28-29-30-31-32-33-34-36-38-40-42-44-46-48-52(58)54(60)55-50(49-56)53(59)51(57)47-45-43-41-39-37-35-18-16-14-12-10-8-6-4-2/h24-25,50-53,56-59H,3-23,26-49H2,1-2H3,(H,55,60)/b25-24-. The van der Waals surface area contributed by atoms with E-state index in [9.17, 15) is 25.2 Å². The minimum Gasteiger partial charge on any atom is -0.394 e. The maximum absolute atomic E-state index is 12.6. The summed E-state index contributed by atoms with van der Waals surface area (Å²) in [6, 6.07) is -0.982. The zero-order valence-electron chi connectivity index (χ0n) is 40.5. The second-order valence-electron chi connectivity index (χ2n) is 18.9. The molecule has 358 valence electrons. The normalized spacial score (nSPS) is 13.9. The zero-order valence-corrected chi connectivity index (χ0v) is 40.5. The van der Waals surface area contributed by atoms with Crippen molar-refractivity contribution < 1.29 is 25.2 Å². The highest BCUT2D eigenvalue weighted by atomic mass is 16.3. The molecule has 0 aliphatic rings. The number of aliphatic hydroxyl groups excluding tert-OH is 4. The van der Waals surface area contributed by atoms with Gasteiger partial charge in [0, 0.05) is 0 Å². The zero-order chi connectivity index (χ0) is 43.8. The van der Waals surface area contributed by atoms with Crippen LogP contribution in [-0.4, -0.2) is 57.3 Å². The van der Waals surface area contributed by atoms with Gasteiger partial charge in [-0.2, -0.15) is 0 Å². The monoisotopic (exact) mass is 850 g/mol. The number of amides is 1. The number of unbranched alkanes of at least 4 members (excludes halogenated alkanes) is 39. The highest BCUT2D eigenvalue weighted by Gasteiger charge is 2.28. The predicted octanol–water partition coefficient (Wildman–Crippen LogP) is 15.3. The Hall–Kier alpha value is -0.950. The van der Waals surface area contributed by atoms with Crippen molar-refractivity contribution in [1.29, 1.82) is 0 Å². The van der Waals surface area contributed by atoms with Gasteiger partial charge in [-0.25, -0.2) is 0 Å². The fraction of sp³-hybridized carbons (Fsp3) is 0.944. The van der Waals surface area contributed by atoms with Crippen molar-refractivity contribution in [3.63, 3.8) is 0 Å². The molecule has 0 rings (SSSR count). The lowest BCUT2D eigenvalue weighted by atomic mass is 9.99. The average Bonchev–Trinajstić information content (AvgIpc) is 3.25. The van der Waals surface area contributed by atoms with Gasteiger partial charge in [-0.3, -0.25) is 4.79 Å². The second-order valence-corrected chi connectivity index (χ2v) is 18.9.